The summed E-state index contributed by atoms with van der Waals surface area (Å²) in [7, 11) is 6.09. The molecule has 0 aromatic rings. The topological polar surface area (TPSA) is 576 Å². The van der Waals surface area contributed by atoms with Crippen molar-refractivity contribution in [3.05, 3.63) is 12.2 Å². The zero-order valence-corrected chi connectivity index (χ0v) is 78.7. The van der Waals surface area contributed by atoms with Gasteiger partial charge in [-0.2, -0.15) is 0 Å². The normalized spacial score (nSPS) is 41.7. The van der Waals surface area contributed by atoms with Crippen LogP contribution in [0.5, 0.6) is 0 Å². The lowest BCUT2D eigenvalue weighted by Crippen LogP contribution is -2.64. The molecule has 37 nitrogen and oxygen atoms in total. The summed E-state index contributed by atoms with van der Waals surface area (Å²) in [5.41, 5.74) is 10.8. The van der Waals surface area contributed by atoms with Gasteiger partial charge in [0.05, 0.1) is 151 Å². The summed E-state index contributed by atoms with van der Waals surface area (Å²) in [4.78, 5) is 0. The van der Waals surface area contributed by atoms with Gasteiger partial charge in [-0.25, -0.2) is 0 Å². The molecule has 0 aliphatic carbocycles. The van der Waals surface area contributed by atoms with E-state index in [9.17, 15) is 71.5 Å². The predicted octanol–water partition coefficient (Wildman–Crippen LogP) is -1.08. The highest BCUT2D eigenvalue weighted by molar-refractivity contribution is 5.07. The molecule has 9 fully saturated rings. The molecule has 10 rings (SSSR count). The maximum Gasteiger partial charge on any atom is 0.175 e. The van der Waals surface area contributed by atoms with Gasteiger partial charge in [-0.05, 0) is 64.7 Å². The first-order valence-corrected chi connectivity index (χ1v) is 43.9. The van der Waals surface area contributed by atoms with E-state index in [1.165, 1.54) is 21.3 Å². The SMILES string of the molecule is CC(C)(C)[C@@H]1O[C@H](CO)[C@H](O)C1O.CC(C)(C)[C@H]1C=C[C@@H](CO)O1.CC(C)(C)[C@H]1CC[C@@H](CO)O1.CC(C)(C)[C@H]1C[C@@H](O)[C@@H](CO)O1.CN[C@@H]1CO[C@H](OCC2O[C@@H](C(C)(C)C)C(O)[C@@H](O)[C@@H]2OC)C[C@H]1O.CO[C@@H]1C(COC2C[C@@H](N)[C@H](O)C(C)O2)O[C@@H](C(C)(C)C)C(O)[C@H]1O.CO[C@@H]1C(CO[C@@H]2OC(CO)[C@@H](O)[C@H](O)C2N)O[C@@H](C(C)(C)C)C(O)[C@H]1O. The first-order chi connectivity index (χ1) is 57.2. The average molecular weight is 1800 g/mol. The van der Waals surface area contributed by atoms with E-state index in [0.29, 0.717) is 32.0 Å². The summed E-state index contributed by atoms with van der Waals surface area (Å²) in [6, 6.07) is -1.57. The Morgan fingerprint density at radius 3 is 1.08 bits per heavy atom. The second kappa shape index (κ2) is 50.0. The zero-order chi connectivity index (χ0) is 94.8. The van der Waals surface area contributed by atoms with Crippen LogP contribution in [-0.4, -0.2) is 412 Å². The molecule has 37 heteroatoms. The second-order valence-electron chi connectivity index (χ2n) is 41.9. The Hall–Kier alpha value is -1.74. The number of hydrogen-bond donors (Lipinski definition) is 21. The highest BCUT2D eigenvalue weighted by atomic mass is 16.7. The van der Waals surface area contributed by atoms with Crippen LogP contribution in [0.25, 0.3) is 0 Å². The van der Waals surface area contributed by atoms with Crippen LogP contribution in [0.2, 0.25) is 0 Å². The number of aliphatic hydroxyl groups is 18. The van der Waals surface area contributed by atoms with Crippen LogP contribution < -0.4 is 16.8 Å². The number of methoxy groups -OCH3 is 3. The van der Waals surface area contributed by atoms with E-state index in [1.807, 2.05) is 95.2 Å². The predicted molar refractivity (Wildman–Crippen MR) is 454 cm³/mol. The molecule has 10 aliphatic heterocycles. The van der Waals surface area contributed by atoms with Gasteiger partial charge in [0.1, 0.15) is 116 Å². The molecule has 0 radical (unpaired) electrons. The van der Waals surface area contributed by atoms with Crippen molar-refractivity contribution in [1.82, 2.24) is 5.32 Å². The van der Waals surface area contributed by atoms with Gasteiger partial charge in [-0.15, -0.1) is 0 Å². The number of nitrogens with one attached hydrogen (secondary N) is 1. The summed E-state index contributed by atoms with van der Waals surface area (Å²) in [5, 5.41) is 178. The van der Waals surface area contributed by atoms with Crippen molar-refractivity contribution >= 4 is 0 Å². The summed E-state index contributed by atoms with van der Waals surface area (Å²) < 4.78 is 89.7. The van der Waals surface area contributed by atoms with Crippen LogP contribution in [-0.2, 0) is 75.8 Å². The van der Waals surface area contributed by atoms with E-state index in [-0.39, 0.29) is 115 Å². The van der Waals surface area contributed by atoms with E-state index < -0.39 is 202 Å². The van der Waals surface area contributed by atoms with Crippen molar-refractivity contribution in [2.45, 2.75) is 417 Å². The summed E-state index contributed by atoms with van der Waals surface area (Å²) in [6.45, 7) is 43.8. The fraction of sp³-hybridized carbons (Fsp3) is 0.977. The van der Waals surface area contributed by atoms with Crippen molar-refractivity contribution in [3.63, 3.8) is 0 Å². The molecule has 11 unspecified atom stereocenters. The lowest BCUT2D eigenvalue weighted by molar-refractivity contribution is -0.295. The van der Waals surface area contributed by atoms with Crippen LogP contribution >= 0.6 is 0 Å². The van der Waals surface area contributed by atoms with Gasteiger partial charge in [0.25, 0.3) is 0 Å². The van der Waals surface area contributed by atoms with Gasteiger partial charge < -0.3 is 184 Å². The number of ether oxygens (including phenoxy) is 16. The molecule has 0 saturated carbocycles. The van der Waals surface area contributed by atoms with Crippen molar-refractivity contribution < 1.29 is 168 Å². The number of rotatable bonds is 18. The summed E-state index contributed by atoms with van der Waals surface area (Å²) in [5.74, 6) is 0. The number of nitrogens with two attached hydrogens (primary N) is 2. The smallest absolute Gasteiger partial charge is 0.175 e. The van der Waals surface area contributed by atoms with E-state index in [4.69, 9.17) is 108 Å². The van der Waals surface area contributed by atoms with Crippen LogP contribution in [0.4, 0.5) is 0 Å². The Bertz CT molecular complexity index is 2940. The largest absolute Gasteiger partial charge is 0.394 e. The fourth-order valence-corrected chi connectivity index (χ4v) is 16.1. The van der Waals surface area contributed by atoms with Crippen molar-refractivity contribution in [1.29, 1.82) is 0 Å². The molecule has 10 aliphatic rings. The Labute approximate surface area is 736 Å². The molecule has 9 saturated heterocycles. The van der Waals surface area contributed by atoms with Gasteiger partial charge in [-0.3, -0.25) is 0 Å². The molecule has 0 spiro atoms. The first-order valence-electron chi connectivity index (χ1n) is 43.9. The van der Waals surface area contributed by atoms with Crippen LogP contribution in [0, 0.1) is 37.9 Å². The van der Waals surface area contributed by atoms with E-state index in [0.717, 1.165) is 12.8 Å². The Morgan fingerprint density at radius 2 is 0.766 bits per heavy atom. The quantitative estimate of drug-likeness (QED) is 0.0726. The lowest BCUT2D eigenvalue weighted by Gasteiger charge is -2.47. The third-order valence-corrected chi connectivity index (χ3v) is 24.1. The van der Waals surface area contributed by atoms with Gasteiger partial charge in [0.2, 0.25) is 0 Å². The summed E-state index contributed by atoms with van der Waals surface area (Å²) in [6.07, 6.45) is -15.9. The van der Waals surface area contributed by atoms with Crippen LogP contribution in [0.15, 0.2) is 12.2 Å². The monoisotopic (exact) mass is 1800 g/mol. The molecule has 0 amide bonds. The first kappa shape index (κ1) is 115. The average Bonchev–Trinajstić information content (AvgIpc) is 1.07. The standard InChI is InChI=1S/C17H33NO9.2C17H33NO7.C9H18O4.C9H18O3.C9H18O2.C9H16O2/c1-17(2,3)15-13(23)12(22)14(24-4)8(26-15)6-25-16-9(18)11(21)10(20)7(5-19)27-16;1-17(2,3)16-14(21)13(20)15(22-5)11(25-16)8-24-12-6-10(19)9(18-4)7-23-12;1-8-12(19)9(18)6-11(24-8)23-7-10-15(22-5)13(20)14(21)16(25-10)17(2,3)4;1-9(2,3)8-7(12)6(11)5(4-10)13-8;1-9(2,3)8-4-6(11)7(5-10)12-8;2*1-9(2,3)8-5-4-7(6-10)11-8/h7-16,19-23H,5-6,18H2,1-4H3;9-16,18-21H,6-8H2,1-5H3;8-16,19-21H,6-7,18H2,1-5H3;5-8,10-12H,4H2,1-3H3;6-8,10-11H,4-5H2,1-3H3;7-8,10H,4-6H2,1-3H3;4-5,7-8,10H,6H2,1-3H3/t7?,8?,9?,10-,11-,12-,13?,14-,15-,16-;9-,10-,11?,12-,13-,14?,15-,16-;8?,9-,10?,11?,12-,13-,14?,15-,16-;5-,6+,7?,8-;6-,7-,8-;2*7-,8+/m1111100/s1. The lowest BCUT2D eigenvalue weighted by atomic mass is 9.80. The highest BCUT2D eigenvalue weighted by Gasteiger charge is 2.54. The van der Waals surface area contributed by atoms with Crippen molar-refractivity contribution in [2.24, 2.45) is 49.4 Å². The molecule has 0 bridgehead atoms. The number of likely N-dealkylation sites (N-methyl/N-ethyl adjacent to an activating group) is 1. The zero-order valence-electron chi connectivity index (χ0n) is 78.7. The molecule has 0 aromatic heterocycles. The van der Waals surface area contributed by atoms with Crippen molar-refractivity contribution in [2.75, 3.05) is 87.8 Å². The van der Waals surface area contributed by atoms with E-state index in [2.05, 4.69) is 67.6 Å². The van der Waals surface area contributed by atoms with E-state index >= 15 is 0 Å². The van der Waals surface area contributed by atoms with Crippen molar-refractivity contribution in [3.8, 4) is 0 Å². The maximum absolute atomic E-state index is 10.4. The minimum Gasteiger partial charge on any atom is -0.394 e. The minimum atomic E-state index is -1.33. The molecular formula is C87H169N3O34. The molecule has 124 heavy (non-hydrogen) atoms. The van der Waals surface area contributed by atoms with Gasteiger partial charge >= 0.3 is 0 Å². The Kier molecular flexibility index (Phi) is 46.2. The number of hydrogen-bond acceptors (Lipinski definition) is 37. The molecule has 38 atom stereocenters. The highest BCUT2D eigenvalue weighted by Crippen LogP contribution is 2.41. The van der Waals surface area contributed by atoms with Crippen LogP contribution in [0.3, 0.4) is 0 Å². The molecule has 736 valence electrons. The maximum atomic E-state index is 10.4. The molecule has 10 heterocycles. The molecule has 0 aromatic carbocycles. The molecule has 23 N–H and O–H groups in total. The number of aliphatic hydroxyl groups excluding tert-OH is 18. The van der Waals surface area contributed by atoms with Gasteiger partial charge in [0.15, 0.2) is 18.9 Å². The summed E-state index contributed by atoms with van der Waals surface area (Å²) >= 11 is 0. The van der Waals surface area contributed by atoms with Gasteiger partial charge in [0, 0.05) is 46.6 Å². The van der Waals surface area contributed by atoms with Gasteiger partial charge in [-0.1, -0.05) is 158 Å². The third-order valence-electron chi connectivity index (χ3n) is 24.1. The minimum absolute atomic E-state index is 0.0465. The third kappa shape index (κ3) is 32.8. The fourth-order valence-electron chi connectivity index (χ4n) is 16.1. The molecular weight excluding hydrogens is 1630 g/mol. The Morgan fingerprint density at radius 1 is 0.363 bits per heavy atom. The second-order valence-corrected chi connectivity index (χ2v) is 41.9. The Balaban J connectivity index is 0.000000313. The van der Waals surface area contributed by atoms with E-state index in [1.54, 1.807) is 14.0 Å². The van der Waals surface area contributed by atoms with Crippen LogP contribution in [0.1, 0.15) is 184 Å².